The summed E-state index contributed by atoms with van der Waals surface area (Å²) in [6, 6.07) is 20.0. The summed E-state index contributed by atoms with van der Waals surface area (Å²) in [5.41, 5.74) is -1.13. The smallest absolute Gasteiger partial charge is 0.431 e. The van der Waals surface area contributed by atoms with E-state index >= 15 is 0 Å². The topological polar surface area (TPSA) is 185 Å². The van der Waals surface area contributed by atoms with Gasteiger partial charge in [0.2, 0.25) is 0 Å². The summed E-state index contributed by atoms with van der Waals surface area (Å²) in [5.74, 6) is -2.88. The number of ether oxygens (including phenoxy) is 3. The molecule has 0 saturated carbocycles. The van der Waals surface area contributed by atoms with Gasteiger partial charge in [-0.2, -0.15) is 14.4 Å². The number of benzene rings is 3. The maximum Gasteiger partial charge on any atom is 0.549 e. The van der Waals surface area contributed by atoms with Gasteiger partial charge in [0.15, 0.2) is 0 Å². The first-order chi connectivity index (χ1) is 29.2. The maximum atomic E-state index is 12.6. The highest BCUT2D eigenvalue weighted by molar-refractivity contribution is 6.61. The van der Waals surface area contributed by atoms with E-state index in [0.29, 0.717) is 6.42 Å². The second kappa shape index (κ2) is 25.4. The normalized spacial score (nSPS) is 13.1. The molecule has 0 spiro atoms. The van der Waals surface area contributed by atoms with E-state index in [1.807, 2.05) is 59.8 Å². The van der Waals surface area contributed by atoms with Gasteiger partial charge in [-0.1, -0.05) is 99.1 Å². The van der Waals surface area contributed by atoms with E-state index in [1.165, 1.54) is 15.6 Å². The Morgan fingerprint density at radius 2 is 0.721 bits per heavy atom. The minimum absolute atomic E-state index is 0.0767. The van der Waals surface area contributed by atoms with Gasteiger partial charge in [-0.3, -0.25) is 0 Å². The Balaban J connectivity index is 1.64. The molecule has 3 rings (SSSR count). The molecule has 0 heterocycles. The molecule has 61 heavy (non-hydrogen) atoms. The maximum absolute atomic E-state index is 12.6. The van der Waals surface area contributed by atoms with Gasteiger partial charge in [0.25, 0.3) is 0 Å². The Hall–Kier alpha value is -6.25. The van der Waals surface area contributed by atoms with Crippen molar-refractivity contribution in [3.8, 4) is 0 Å². The fraction of sp³-hybridized carbons (Fsp3) is 0.302. The van der Waals surface area contributed by atoms with Crippen LogP contribution in [0.15, 0.2) is 107 Å². The zero-order chi connectivity index (χ0) is 44.8. The summed E-state index contributed by atoms with van der Waals surface area (Å²) in [7, 11) is -1.99. The lowest BCUT2D eigenvalue weighted by Crippen LogP contribution is -2.40. The first kappa shape index (κ1) is 49.1. The molecule has 3 aromatic carbocycles. The predicted octanol–water partition coefficient (Wildman–Crippen LogP) is 4.70. The second-order valence-electron chi connectivity index (χ2n) is 14.3. The summed E-state index contributed by atoms with van der Waals surface area (Å²) in [6.07, 6.45) is 2.22. The Morgan fingerprint density at radius 1 is 0.459 bits per heavy atom. The second-order valence-corrected chi connectivity index (χ2v) is 21.1. The quantitative estimate of drug-likeness (QED) is 0.0597. The summed E-state index contributed by atoms with van der Waals surface area (Å²) < 4.78 is 15.6. The van der Waals surface area contributed by atoms with Crippen LogP contribution in [0.3, 0.4) is 0 Å². The molecule has 0 radical (unpaired) electrons. The summed E-state index contributed by atoms with van der Waals surface area (Å²) in [4.78, 5) is 103. The summed E-state index contributed by atoms with van der Waals surface area (Å²) in [5, 5.41) is 7.11. The molecule has 0 fully saturated rings. The van der Waals surface area contributed by atoms with Crippen molar-refractivity contribution >= 4 is 80.5 Å². The van der Waals surface area contributed by atoms with Gasteiger partial charge in [-0.25, -0.2) is 43.7 Å². The van der Waals surface area contributed by atoms with E-state index in [9.17, 15) is 28.8 Å². The molecule has 0 aliphatic rings. The SMILES string of the molecule is C/C=C(\C)[SiH2]c1ccc(C(=O)OOC(=O)OCC(CCC)(COC(=O)OOC(=O)c2ccc([SiH2]/C(C)=C/C)cc2)COC(=O)OOC(=O)c2ccc([SiH2]/C(C)=C/C)cc2)cc1. The zero-order valence-corrected chi connectivity index (χ0v) is 39.7. The Morgan fingerprint density at radius 3 is 0.951 bits per heavy atom. The number of hydrogen-bond acceptors (Lipinski definition) is 15. The van der Waals surface area contributed by atoms with Crippen LogP contribution in [0.5, 0.6) is 0 Å². The van der Waals surface area contributed by atoms with E-state index < -0.39 is 90.2 Å². The van der Waals surface area contributed by atoms with Crippen molar-refractivity contribution in [1.82, 2.24) is 0 Å². The summed E-state index contributed by atoms with van der Waals surface area (Å²) in [6.45, 7) is 11.8. The predicted molar refractivity (Wildman–Crippen MR) is 233 cm³/mol. The molecule has 0 unspecified atom stereocenters. The molecule has 18 heteroatoms. The Labute approximate surface area is 361 Å². The lowest BCUT2D eigenvalue weighted by atomic mass is 9.86. The largest absolute Gasteiger partial charge is 0.549 e. The number of allylic oxidation sites excluding steroid dienone is 6. The van der Waals surface area contributed by atoms with Crippen molar-refractivity contribution in [2.45, 2.75) is 61.3 Å². The van der Waals surface area contributed by atoms with Crippen molar-refractivity contribution < 1.29 is 72.3 Å². The molecule has 0 aliphatic carbocycles. The van der Waals surface area contributed by atoms with Crippen LogP contribution in [0.2, 0.25) is 0 Å². The Kier molecular flexibility index (Phi) is 20.4. The highest BCUT2D eigenvalue weighted by Gasteiger charge is 2.37. The number of rotatable bonds is 17. The van der Waals surface area contributed by atoms with E-state index in [4.69, 9.17) is 14.2 Å². The molecule has 326 valence electrons. The van der Waals surface area contributed by atoms with Crippen LogP contribution < -0.4 is 15.6 Å². The third-order valence-electron chi connectivity index (χ3n) is 9.32. The van der Waals surface area contributed by atoms with Crippen molar-refractivity contribution in [2.24, 2.45) is 5.41 Å². The Bertz CT molecular complexity index is 1830. The van der Waals surface area contributed by atoms with Crippen molar-refractivity contribution in [2.75, 3.05) is 19.8 Å². The van der Waals surface area contributed by atoms with Gasteiger partial charge in [0.05, 0.1) is 50.7 Å². The molecule has 0 aromatic heterocycles. The van der Waals surface area contributed by atoms with Crippen LogP contribution in [0.1, 0.15) is 92.4 Å². The van der Waals surface area contributed by atoms with Crippen LogP contribution in [0.25, 0.3) is 0 Å². The molecular formula is C43H52O15Si3. The summed E-state index contributed by atoms with van der Waals surface area (Å²) >= 11 is 0. The fourth-order valence-electron chi connectivity index (χ4n) is 5.49. The van der Waals surface area contributed by atoms with Gasteiger partial charge in [0, 0.05) is 0 Å². The third-order valence-corrected chi connectivity index (χ3v) is 14.9. The van der Waals surface area contributed by atoms with Crippen molar-refractivity contribution in [3.05, 3.63) is 123 Å². The highest BCUT2D eigenvalue weighted by Crippen LogP contribution is 2.27. The standard InChI is InChI=1S/C43H52O15Si3/c1-8-24-43(25-50-40(47)56-53-37(44)31-12-18-34(19-13-31)59-28(5)9-2,26-51-41(48)57-54-38(45)32-14-20-35(21-15-32)60-29(6)10-3)27-52-42(49)58-55-39(46)33-16-22-36(23-17-33)61-30(7)11-4/h9-23H,8,24-27,59-61H2,1-7H3/b28-9+,29-10+,30-11+. The lowest BCUT2D eigenvalue weighted by molar-refractivity contribution is -0.217. The molecule has 0 atom stereocenters. The average molecular weight is 893 g/mol. The molecule has 0 N–H and O–H groups in total. The van der Waals surface area contributed by atoms with Gasteiger partial charge in [-0.15, -0.1) is 0 Å². The van der Waals surface area contributed by atoms with Crippen molar-refractivity contribution in [1.29, 1.82) is 0 Å². The molecule has 15 nitrogen and oxygen atoms in total. The molecule has 0 aliphatic heterocycles. The number of carbonyl (C=O) groups is 6. The average Bonchev–Trinajstić information content (AvgIpc) is 3.27. The molecule has 0 bridgehead atoms. The third kappa shape index (κ3) is 17.5. The first-order valence-corrected chi connectivity index (χ1v) is 23.7. The van der Waals surface area contributed by atoms with Gasteiger partial charge in [0.1, 0.15) is 19.8 Å². The van der Waals surface area contributed by atoms with E-state index in [2.05, 4.69) is 29.3 Å². The van der Waals surface area contributed by atoms with Gasteiger partial charge in [-0.05, 0) is 84.4 Å². The van der Waals surface area contributed by atoms with E-state index in [1.54, 1.807) is 79.7 Å². The van der Waals surface area contributed by atoms with Gasteiger partial charge >= 0.3 is 36.4 Å². The molecule has 3 aromatic rings. The van der Waals surface area contributed by atoms with E-state index in [-0.39, 0.29) is 23.1 Å². The first-order valence-electron chi connectivity index (χ1n) is 19.5. The number of carbonyl (C=O) groups excluding carboxylic acids is 6. The minimum atomic E-state index is -1.51. The molecular weight excluding hydrogens is 841 g/mol. The lowest BCUT2D eigenvalue weighted by Gasteiger charge is -2.30. The van der Waals surface area contributed by atoms with Crippen molar-refractivity contribution in [3.63, 3.8) is 0 Å². The highest BCUT2D eigenvalue weighted by atomic mass is 28.2. The molecule has 0 amide bonds. The fourth-order valence-corrected chi connectivity index (χ4v) is 9.45. The monoisotopic (exact) mass is 892 g/mol. The van der Waals surface area contributed by atoms with E-state index in [0.717, 1.165) is 15.6 Å². The van der Waals surface area contributed by atoms with Crippen LogP contribution in [0.4, 0.5) is 14.4 Å². The number of hydrogen-bond donors (Lipinski definition) is 0. The zero-order valence-electron chi connectivity index (χ0n) is 35.4. The van der Waals surface area contributed by atoms with Gasteiger partial charge < -0.3 is 14.2 Å². The van der Waals surface area contributed by atoms with Crippen LogP contribution in [-0.2, 0) is 43.5 Å². The van der Waals surface area contributed by atoms with Crippen LogP contribution in [-0.4, -0.2) is 84.8 Å². The van der Waals surface area contributed by atoms with Crippen LogP contribution >= 0.6 is 0 Å². The minimum Gasteiger partial charge on any atom is -0.431 e. The van der Waals surface area contributed by atoms with Crippen LogP contribution in [0, 0.1) is 5.41 Å². The molecule has 0 saturated heterocycles.